The number of carbonyl (C=O) groups is 2. The summed E-state index contributed by atoms with van der Waals surface area (Å²) in [6.45, 7) is 0. The molecule has 1 N–H and O–H groups in total. The number of ether oxygens (including phenoxy) is 1. The Labute approximate surface area is 106 Å². The molecule has 4 nitrogen and oxygen atoms in total. The molecule has 0 heterocycles. The summed E-state index contributed by atoms with van der Waals surface area (Å²) in [5.41, 5.74) is 1.16. The first kappa shape index (κ1) is 12.4. The fourth-order valence-electron chi connectivity index (χ4n) is 1.88. The summed E-state index contributed by atoms with van der Waals surface area (Å²) in [4.78, 5) is 23.1. The Morgan fingerprint density at radius 3 is 2.33 bits per heavy atom. The van der Waals surface area contributed by atoms with E-state index in [9.17, 15) is 9.59 Å². The van der Waals surface area contributed by atoms with Crippen LogP contribution in [0.25, 0.3) is 0 Å². The first-order valence-corrected chi connectivity index (χ1v) is 5.85. The first-order chi connectivity index (χ1) is 8.70. The number of benzene rings is 1. The summed E-state index contributed by atoms with van der Waals surface area (Å²) in [5, 5.41) is 2.84. The van der Waals surface area contributed by atoms with Gasteiger partial charge < -0.3 is 10.1 Å². The predicted molar refractivity (Wildman–Crippen MR) is 68.3 cm³/mol. The Morgan fingerprint density at radius 1 is 1.17 bits per heavy atom. The maximum Gasteiger partial charge on any atom is 0.337 e. The van der Waals surface area contributed by atoms with E-state index in [0.29, 0.717) is 11.3 Å². The smallest absolute Gasteiger partial charge is 0.337 e. The van der Waals surface area contributed by atoms with Crippen molar-refractivity contribution in [3.05, 3.63) is 42.0 Å². The summed E-state index contributed by atoms with van der Waals surface area (Å²) in [6, 6.07) is 6.67. The van der Waals surface area contributed by atoms with Crippen LogP contribution in [0.4, 0.5) is 5.69 Å². The van der Waals surface area contributed by atoms with Crippen LogP contribution in [-0.4, -0.2) is 19.0 Å². The zero-order valence-corrected chi connectivity index (χ0v) is 10.2. The Balaban J connectivity index is 1.97. The van der Waals surface area contributed by atoms with E-state index in [1.165, 1.54) is 7.11 Å². The van der Waals surface area contributed by atoms with Gasteiger partial charge in [-0.1, -0.05) is 12.2 Å². The van der Waals surface area contributed by atoms with Crippen LogP contribution in [0.5, 0.6) is 0 Å². The SMILES string of the molecule is COC(=O)c1ccc(NC(=O)C2CC=CC2)cc1. The number of amides is 1. The second kappa shape index (κ2) is 5.49. The lowest BCUT2D eigenvalue weighted by Gasteiger charge is -2.10. The van der Waals surface area contributed by atoms with Crippen molar-refractivity contribution in [3.63, 3.8) is 0 Å². The van der Waals surface area contributed by atoms with Crippen LogP contribution < -0.4 is 5.32 Å². The minimum absolute atomic E-state index is 0.0193. The van der Waals surface area contributed by atoms with Gasteiger partial charge in [0.15, 0.2) is 0 Å². The van der Waals surface area contributed by atoms with Crippen LogP contribution in [0.2, 0.25) is 0 Å². The Morgan fingerprint density at radius 2 is 1.78 bits per heavy atom. The van der Waals surface area contributed by atoms with Gasteiger partial charge >= 0.3 is 5.97 Å². The monoisotopic (exact) mass is 245 g/mol. The van der Waals surface area contributed by atoms with Gasteiger partial charge in [-0.05, 0) is 37.1 Å². The molecular formula is C14H15NO3. The number of hydrogen-bond acceptors (Lipinski definition) is 3. The molecule has 2 rings (SSSR count). The molecule has 4 heteroatoms. The third-order valence-electron chi connectivity index (χ3n) is 2.95. The molecule has 0 atom stereocenters. The predicted octanol–water partition coefficient (Wildman–Crippen LogP) is 2.38. The fourth-order valence-corrected chi connectivity index (χ4v) is 1.88. The molecule has 0 saturated carbocycles. The minimum atomic E-state index is -0.382. The first-order valence-electron chi connectivity index (χ1n) is 5.85. The summed E-state index contributed by atoms with van der Waals surface area (Å²) in [5.74, 6) is -0.330. The number of hydrogen-bond donors (Lipinski definition) is 1. The van der Waals surface area contributed by atoms with Crippen molar-refractivity contribution in [2.75, 3.05) is 12.4 Å². The van der Waals surface area contributed by atoms with Gasteiger partial charge in [-0.2, -0.15) is 0 Å². The third-order valence-corrected chi connectivity index (χ3v) is 2.95. The van der Waals surface area contributed by atoms with E-state index in [1.54, 1.807) is 24.3 Å². The molecule has 0 aromatic heterocycles. The average molecular weight is 245 g/mol. The van der Waals surface area contributed by atoms with E-state index < -0.39 is 0 Å². The van der Waals surface area contributed by atoms with E-state index in [2.05, 4.69) is 10.1 Å². The highest BCUT2D eigenvalue weighted by Gasteiger charge is 2.19. The van der Waals surface area contributed by atoms with Gasteiger partial charge in [0, 0.05) is 11.6 Å². The van der Waals surface area contributed by atoms with E-state index in [1.807, 2.05) is 12.2 Å². The van der Waals surface area contributed by atoms with Crippen molar-refractivity contribution in [1.29, 1.82) is 0 Å². The van der Waals surface area contributed by atoms with Gasteiger partial charge in [0.25, 0.3) is 0 Å². The number of anilines is 1. The zero-order valence-electron chi connectivity index (χ0n) is 10.2. The summed E-state index contributed by atoms with van der Waals surface area (Å²) < 4.78 is 4.60. The van der Waals surface area contributed by atoms with Crippen LogP contribution in [0.1, 0.15) is 23.2 Å². The van der Waals surface area contributed by atoms with E-state index in [4.69, 9.17) is 0 Å². The summed E-state index contributed by atoms with van der Waals surface area (Å²) >= 11 is 0. The van der Waals surface area contributed by atoms with Crippen molar-refractivity contribution >= 4 is 17.6 Å². The lowest BCUT2D eigenvalue weighted by Crippen LogP contribution is -2.20. The van der Waals surface area contributed by atoms with Crippen molar-refractivity contribution in [3.8, 4) is 0 Å². The van der Waals surface area contributed by atoms with Gasteiger partial charge in [0.05, 0.1) is 12.7 Å². The molecule has 0 spiro atoms. The third kappa shape index (κ3) is 2.77. The molecule has 0 fully saturated rings. The molecule has 0 bridgehead atoms. The van der Waals surface area contributed by atoms with Crippen molar-refractivity contribution in [1.82, 2.24) is 0 Å². The van der Waals surface area contributed by atoms with E-state index in [-0.39, 0.29) is 17.8 Å². The topological polar surface area (TPSA) is 55.4 Å². The lowest BCUT2D eigenvalue weighted by molar-refractivity contribution is -0.119. The highest BCUT2D eigenvalue weighted by Crippen LogP contribution is 2.20. The molecule has 1 aliphatic rings. The van der Waals surface area contributed by atoms with Crippen LogP contribution >= 0.6 is 0 Å². The van der Waals surface area contributed by atoms with Crippen LogP contribution in [0.3, 0.4) is 0 Å². The molecule has 94 valence electrons. The molecule has 1 aliphatic carbocycles. The molecule has 1 aromatic rings. The molecule has 0 aliphatic heterocycles. The lowest BCUT2D eigenvalue weighted by atomic mass is 10.1. The van der Waals surface area contributed by atoms with Gasteiger partial charge in [0.2, 0.25) is 5.91 Å². The van der Waals surface area contributed by atoms with Crippen LogP contribution in [0, 0.1) is 5.92 Å². The largest absolute Gasteiger partial charge is 0.465 e. The molecule has 18 heavy (non-hydrogen) atoms. The Hall–Kier alpha value is -2.10. The highest BCUT2D eigenvalue weighted by molar-refractivity contribution is 5.94. The normalized spacial score (nSPS) is 14.5. The van der Waals surface area contributed by atoms with Crippen molar-refractivity contribution < 1.29 is 14.3 Å². The van der Waals surface area contributed by atoms with Crippen LogP contribution in [0.15, 0.2) is 36.4 Å². The van der Waals surface area contributed by atoms with E-state index in [0.717, 1.165) is 12.8 Å². The molecule has 1 aromatic carbocycles. The van der Waals surface area contributed by atoms with Gasteiger partial charge in [-0.3, -0.25) is 4.79 Å². The molecule has 0 radical (unpaired) electrons. The number of methoxy groups -OCH3 is 1. The second-order valence-electron chi connectivity index (χ2n) is 4.20. The standard InChI is InChI=1S/C14H15NO3/c1-18-14(17)11-6-8-12(9-7-11)15-13(16)10-4-2-3-5-10/h2-3,6-10H,4-5H2,1H3,(H,15,16). The number of carbonyl (C=O) groups excluding carboxylic acids is 2. The molecule has 1 amide bonds. The number of rotatable bonds is 3. The van der Waals surface area contributed by atoms with Gasteiger partial charge in [-0.15, -0.1) is 0 Å². The quantitative estimate of drug-likeness (QED) is 0.657. The van der Waals surface area contributed by atoms with E-state index >= 15 is 0 Å². The number of allylic oxidation sites excluding steroid dienone is 2. The maximum atomic E-state index is 11.8. The maximum absolute atomic E-state index is 11.8. The van der Waals surface area contributed by atoms with Gasteiger partial charge in [0.1, 0.15) is 0 Å². The molecule has 0 unspecified atom stereocenters. The van der Waals surface area contributed by atoms with Crippen molar-refractivity contribution in [2.45, 2.75) is 12.8 Å². The number of esters is 1. The van der Waals surface area contributed by atoms with Crippen molar-refractivity contribution in [2.24, 2.45) is 5.92 Å². The second-order valence-corrected chi connectivity index (χ2v) is 4.20. The van der Waals surface area contributed by atoms with Crippen LogP contribution in [-0.2, 0) is 9.53 Å². The number of nitrogens with one attached hydrogen (secondary N) is 1. The Kier molecular flexibility index (Phi) is 3.77. The highest BCUT2D eigenvalue weighted by atomic mass is 16.5. The minimum Gasteiger partial charge on any atom is -0.465 e. The summed E-state index contributed by atoms with van der Waals surface area (Å²) in [7, 11) is 1.34. The zero-order chi connectivity index (χ0) is 13.0. The van der Waals surface area contributed by atoms with Gasteiger partial charge in [-0.25, -0.2) is 4.79 Å². The summed E-state index contributed by atoms with van der Waals surface area (Å²) in [6.07, 6.45) is 5.63. The average Bonchev–Trinajstić information content (AvgIpc) is 2.92. The molecular weight excluding hydrogens is 230 g/mol. The fraction of sp³-hybridized carbons (Fsp3) is 0.286. The Bertz CT molecular complexity index is 468. The molecule has 0 saturated heterocycles.